The zero-order chi connectivity index (χ0) is 27.5. The Morgan fingerprint density at radius 2 is 1.87 bits per heavy atom. The molecule has 5 aromatic rings. The van der Waals surface area contributed by atoms with E-state index in [0.29, 0.717) is 45.2 Å². The van der Waals surface area contributed by atoms with Crippen LogP contribution >= 0.6 is 11.8 Å². The predicted molar refractivity (Wildman–Crippen MR) is 155 cm³/mol. The van der Waals surface area contributed by atoms with Gasteiger partial charge < -0.3 is 15.0 Å². The quantitative estimate of drug-likeness (QED) is 0.149. The highest BCUT2D eigenvalue weighted by atomic mass is 32.2. The molecule has 1 amide bonds. The summed E-state index contributed by atoms with van der Waals surface area (Å²) in [5.41, 5.74) is 3.40. The normalized spacial score (nSPS) is 11.2. The van der Waals surface area contributed by atoms with Crippen LogP contribution in [0, 0.1) is 6.92 Å². The number of fused-ring (bicyclic) bond motifs is 2. The molecular weight excluding hydrogens is 512 g/mol. The van der Waals surface area contributed by atoms with E-state index < -0.39 is 0 Å². The average molecular weight is 541 g/mol. The first kappa shape index (κ1) is 26.2. The first-order valence-corrected chi connectivity index (χ1v) is 13.6. The van der Waals surface area contributed by atoms with Gasteiger partial charge in [0.15, 0.2) is 10.9 Å². The summed E-state index contributed by atoms with van der Waals surface area (Å²) in [7, 11) is 1.56. The van der Waals surface area contributed by atoms with Crippen molar-refractivity contribution >= 4 is 45.3 Å². The van der Waals surface area contributed by atoms with E-state index in [4.69, 9.17) is 9.72 Å². The van der Waals surface area contributed by atoms with Crippen molar-refractivity contribution in [2.75, 3.05) is 19.4 Å². The van der Waals surface area contributed by atoms with Crippen LogP contribution in [-0.4, -0.2) is 45.6 Å². The number of amides is 1. The summed E-state index contributed by atoms with van der Waals surface area (Å²) in [4.78, 5) is 47.8. The third-order valence-corrected chi connectivity index (χ3v) is 7.39. The minimum atomic E-state index is -0.299. The van der Waals surface area contributed by atoms with Gasteiger partial charge >= 0.3 is 0 Å². The molecule has 0 aliphatic heterocycles. The van der Waals surface area contributed by atoms with Gasteiger partial charge in [0.05, 0.1) is 29.5 Å². The molecule has 2 aromatic heterocycles. The lowest BCUT2D eigenvalue weighted by Gasteiger charge is -2.14. The van der Waals surface area contributed by atoms with Crippen LogP contribution in [0.2, 0.25) is 0 Å². The number of benzene rings is 3. The molecule has 5 rings (SSSR count). The maximum absolute atomic E-state index is 13.8. The number of thioether (sulfide) groups is 1. The molecule has 39 heavy (non-hydrogen) atoms. The summed E-state index contributed by atoms with van der Waals surface area (Å²) >= 11 is 1.18. The Bertz CT molecular complexity index is 1770. The molecule has 8 nitrogen and oxygen atoms in total. The van der Waals surface area contributed by atoms with E-state index in [-0.39, 0.29) is 23.0 Å². The summed E-state index contributed by atoms with van der Waals surface area (Å²) in [6, 6.07) is 19.7. The zero-order valence-corrected chi connectivity index (χ0v) is 22.7. The van der Waals surface area contributed by atoms with Crippen molar-refractivity contribution < 1.29 is 14.3 Å². The smallest absolute Gasteiger partial charge is 0.266 e. The molecule has 0 spiro atoms. The molecule has 0 radical (unpaired) electrons. The largest absolute Gasteiger partial charge is 0.497 e. The minimum absolute atomic E-state index is 0.0707. The first-order chi connectivity index (χ1) is 18.9. The number of aromatic nitrogens is 3. The Morgan fingerprint density at radius 3 is 2.67 bits per heavy atom. The Morgan fingerprint density at radius 1 is 1.05 bits per heavy atom. The van der Waals surface area contributed by atoms with Gasteiger partial charge in [-0.3, -0.25) is 19.0 Å². The van der Waals surface area contributed by atoms with Crippen molar-refractivity contribution in [2.45, 2.75) is 25.4 Å². The number of aryl methyl sites for hydroxylation is 1. The zero-order valence-electron chi connectivity index (χ0n) is 21.9. The van der Waals surface area contributed by atoms with Crippen LogP contribution < -0.4 is 15.6 Å². The number of ketones is 1. The highest BCUT2D eigenvalue weighted by Gasteiger charge is 2.20. The Hall–Kier alpha value is -4.37. The molecule has 198 valence electrons. The van der Waals surface area contributed by atoms with E-state index in [9.17, 15) is 14.4 Å². The van der Waals surface area contributed by atoms with Crippen molar-refractivity contribution in [3.63, 3.8) is 0 Å². The van der Waals surface area contributed by atoms with Gasteiger partial charge in [-0.1, -0.05) is 43.0 Å². The number of ether oxygens (including phenoxy) is 1. The molecule has 0 unspecified atom stereocenters. The maximum atomic E-state index is 13.8. The van der Waals surface area contributed by atoms with Crippen molar-refractivity contribution in [2.24, 2.45) is 0 Å². The summed E-state index contributed by atoms with van der Waals surface area (Å²) in [5, 5.41) is 4.43. The summed E-state index contributed by atoms with van der Waals surface area (Å²) in [6.07, 6.45) is 0.813. The SMILES string of the molecule is CCCNC(=O)c1ccc2c(=O)n(-c3cccc(OC)c3)c(SCC(=O)c3c(C)[nH]c4ccccc34)nc2c1. The van der Waals surface area contributed by atoms with Crippen LogP contribution in [-0.2, 0) is 0 Å². The first-order valence-electron chi connectivity index (χ1n) is 12.6. The van der Waals surface area contributed by atoms with Gasteiger partial charge in [-0.05, 0) is 49.7 Å². The fourth-order valence-electron chi connectivity index (χ4n) is 4.56. The number of aromatic amines is 1. The highest BCUT2D eigenvalue weighted by Crippen LogP contribution is 2.27. The van der Waals surface area contributed by atoms with Crippen molar-refractivity contribution in [3.05, 3.63) is 93.9 Å². The van der Waals surface area contributed by atoms with Crippen molar-refractivity contribution in [1.82, 2.24) is 19.9 Å². The van der Waals surface area contributed by atoms with Crippen LogP contribution in [0.1, 0.15) is 39.8 Å². The molecule has 0 bridgehead atoms. The number of carbonyl (C=O) groups excluding carboxylic acids is 2. The lowest BCUT2D eigenvalue weighted by molar-refractivity contribution is 0.0952. The lowest BCUT2D eigenvalue weighted by atomic mass is 10.1. The molecule has 0 aliphatic carbocycles. The van der Waals surface area contributed by atoms with Gasteiger partial charge in [-0.15, -0.1) is 0 Å². The predicted octanol–water partition coefficient (Wildman–Crippen LogP) is 5.30. The van der Waals surface area contributed by atoms with E-state index in [1.807, 2.05) is 38.1 Å². The third kappa shape index (κ3) is 5.18. The second kappa shape index (κ2) is 11.2. The van der Waals surface area contributed by atoms with E-state index >= 15 is 0 Å². The molecular formula is C30H28N4O4S. The molecule has 2 heterocycles. The number of para-hydroxylation sites is 1. The number of hydrogen-bond donors (Lipinski definition) is 2. The fraction of sp³-hybridized carbons (Fsp3) is 0.200. The summed E-state index contributed by atoms with van der Waals surface area (Å²) < 4.78 is 6.86. The lowest BCUT2D eigenvalue weighted by Crippen LogP contribution is -2.25. The number of rotatable bonds is 9. The summed E-state index contributed by atoms with van der Waals surface area (Å²) in [6.45, 7) is 4.41. The van der Waals surface area contributed by atoms with Crippen molar-refractivity contribution in [3.8, 4) is 11.4 Å². The number of methoxy groups -OCH3 is 1. The molecule has 0 saturated heterocycles. The van der Waals surface area contributed by atoms with E-state index in [1.54, 1.807) is 49.6 Å². The van der Waals surface area contributed by atoms with Crippen LogP contribution in [0.4, 0.5) is 0 Å². The molecule has 0 saturated carbocycles. The number of nitrogens with one attached hydrogen (secondary N) is 2. The Balaban J connectivity index is 1.58. The topological polar surface area (TPSA) is 106 Å². The minimum Gasteiger partial charge on any atom is -0.497 e. The van der Waals surface area contributed by atoms with E-state index in [1.165, 1.54) is 16.3 Å². The van der Waals surface area contributed by atoms with E-state index in [2.05, 4.69) is 10.3 Å². The average Bonchev–Trinajstić information content (AvgIpc) is 3.30. The monoisotopic (exact) mass is 540 g/mol. The fourth-order valence-corrected chi connectivity index (χ4v) is 5.44. The van der Waals surface area contributed by atoms with Crippen LogP contribution in [0.15, 0.2) is 76.7 Å². The third-order valence-electron chi connectivity index (χ3n) is 6.45. The molecule has 0 atom stereocenters. The molecule has 9 heteroatoms. The number of carbonyl (C=O) groups is 2. The molecule has 2 N–H and O–H groups in total. The number of H-pyrrole nitrogens is 1. The number of nitrogens with zero attached hydrogens (tertiary/aromatic N) is 2. The van der Waals surface area contributed by atoms with Gasteiger partial charge in [0.25, 0.3) is 11.5 Å². The van der Waals surface area contributed by atoms with Crippen LogP contribution in [0.25, 0.3) is 27.5 Å². The number of Topliss-reactive ketones (excluding diaryl/α,β-unsaturated/α-hetero) is 1. The second-order valence-electron chi connectivity index (χ2n) is 9.11. The summed E-state index contributed by atoms with van der Waals surface area (Å²) in [5.74, 6) is 0.358. The standard InChI is InChI=1S/C30H28N4O4S/c1-4-14-31-28(36)19-12-13-23-25(15-19)33-30(34(29(23)37)20-8-7-9-21(16-20)38-3)39-17-26(35)27-18(2)32-24-11-6-5-10-22(24)27/h5-13,15-16,32H,4,14,17H2,1-3H3,(H,31,36). The molecule has 3 aromatic carbocycles. The Labute approximate surface area is 229 Å². The van der Waals surface area contributed by atoms with Gasteiger partial charge in [0.2, 0.25) is 0 Å². The molecule has 0 fully saturated rings. The second-order valence-corrected chi connectivity index (χ2v) is 10.0. The van der Waals surface area contributed by atoms with Gasteiger partial charge in [-0.2, -0.15) is 0 Å². The molecule has 0 aliphatic rings. The van der Waals surface area contributed by atoms with Crippen molar-refractivity contribution in [1.29, 1.82) is 0 Å². The van der Waals surface area contributed by atoms with Crippen LogP contribution in [0.3, 0.4) is 0 Å². The maximum Gasteiger partial charge on any atom is 0.266 e. The van der Waals surface area contributed by atoms with E-state index in [0.717, 1.165) is 23.0 Å². The van der Waals surface area contributed by atoms with Crippen LogP contribution in [0.5, 0.6) is 5.75 Å². The number of hydrogen-bond acceptors (Lipinski definition) is 6. The Kier molecular flexibility index (Phi) is 7.51. The van der Waals surface area contributed by atoms with Gasteiger partial charge in [-0.25, -0.2) is 4.98 Å². The van der Waals surface area contributed by atoms with Gasteiger partial charge in [0, 0.05) is 40.3 Å². The highest BCUT2D eigenvalue weighted by molar-refractivity contribution is 7.99. The van der Waals surface area contributed by atoms with Gasteiger partial charge in [0.1, 0.15) is 5.75 Å².